The standard InChI is InChI=1S/C21H24FN3O2/c1-15-3-2-10-25(14-15)21(27)18-11-17(12-23-13-18)20(26)24-9-8-16-4-6-19(22)7-5-16/h4-7,11-13,15H,2-3,8-10,14H2,1H3,(H,24,26). The van der Waals surface area contributed by atoms with Gasteiger partial charge >= 0.3 is 0 Å². The van der Waals surface area contributed by atoms with E-state index in [-0.39, 0.29) is 17.6 Å². The van der Waals surface area contributed by atoms with E-state index in [1.807, 2.05) is 4.90 Å². The first kappa shape index (κ1) is 19.0. The van der Waals surface area contributed by atoms with Crippen LogP contribution in [0.4, 0.5) is 4.39 Å². The Morgan fingerprint density at radius 3 is 2.70 bits per heavy atom. The molecular formula is C21H24FN3O2. The smallest absolute Gasteiger partial charge is 0.255 e. The van der Waals surface area contributed by atoms with Crippen LogP contribution in [0.15, 0.2) is 42.7 Å². The molecule has 5 nitrogen and oxygen atoms in total. The summed E-state index contributed by atoms with van der Waals surface area (Å²) in [6, 6.07) is 7.79. The maximum absolute atomic E-state index is 12.9. The van der Waals surface area contributed by atoms with E-state index < -0.39 is 0 Å². The number of pyridine rings is 1. The van der Waals surface area contributed by atoms with E-state index in [4.69, 9.17) is 0 Å². The molecule has 1 N–H and O–H groups in total. The van der Waals surface area contributed by atoms with Crippen LogP contribution in [0.5, 0.6) is 0 Å². The molecule has 0 saturated carbocycles. The van der Waals surface area contributed by atoms with Crippen molar-refractivity contribution in [2.75, 3.05) is 19.6 Å². The first-order valence-electron chi connectivity index (χ1n) is 9.30. The number of likely N-dealkylation sites (tertiary alicyclic amines) is 1. The molecule has 1 unspecified atom stereocenters. The lowest BCUT2D eigenvalue weighted by atomic mass is 9.99. The number of nitrogens with zero attached hydrogens (tertiary/aromatic N) is 2. The molecule has 2 heterocycles. The molecule has 3 rings (SSSR count). The van der Waals surface area contributed by atoms with Crippen LogP contribution in [0.3, 0.4) is 0 Å². The van der Waals surface area contributed by atoms with E-state index in [9.17, 15) is 14.0 Å². The third kappa shape index (κ3) is 5.12. The molecule has 1 aromatic heterocycles. The van der Waals surface area contributed by atoms with Gasteiger partial charge in [-0.2, -0.15) is 0 Å². The molecule has 142 valence electrons. The average Bonchev–Trinajstić information content (AvgIpc) is 2.69. The second kappa shape index (κ2) is 8.75. The third-order valence-electron chi connectivity index (χ3n) is 4.80. The zero-order chi connectivity index (χ0) is 19.2. The lowest BCUT2D eigenvalue weighted by molar-refractivity contribution is 0.0682. The van der Waals surface area contributed by atoms with Crippen LogP contribution in [0, 0.1) is 11.7 Å². The Kier molecular flexibility index (Phi) is 6.16. The zero-order valence-electron chi connectivity index (χ0n) is 15.5. The van der Waals surface area contributed by atoms with Gasteiger partial charge in [-0.1, -0.05) is 19.1 Å². The van der Waals surface area contributed by atoms with Gasteiger partial charge in [0.1, 0.15) is 5.82 Å². The van der Waals surface area contributed by atoms with Gasteiger partial charge < -0.3 is 10.2 Å². The van der Waals surface area contributed by atoms with Crippen molar-refractivity contribution in [1.82, 2.24) is 15.2 Å². The van der Waals surface area contributed by atoms with Crippen molar-refractivity contribution in [3.8, 4) is 0 Å². The van der Waals surface area contributed by atoms with Crippen LogP contribution in [0.2, 0.25) is 0 Å². The highest BCUT2D eigenvalue weighted by atomic mass is 19.1. The molecule has 1 saturated heterocycles. The molecule has 0 spiro atoms. The highest BCUT2D eigenvalue weighted by Crippen LogP contribution is 2.18. The highest BCUT2D eigenvalue weighted by Gasteiger charge is 2.22. The molecule has 1 aliphatic rings. The van der Waals surface area contributed by atoms with Crippen molar-refractivity contribution in [3.05, 3.63) is 65.2 Å². The Morgan fingerprint density at radius 1 is 1.22 bits per heavy atom. The Balaban J connectivity index is 1.58. The first-order chi connectivity index (χ1) is 13.0. The number of nitrogens with one attached hydrogen (secondary N) is 1. The van der Waals surface area contributed by atoms with Crippen LogP contribution in [0.1, 0.15) is 46.0 Å². The second-order valence-corrected chi connectivity index (χ2v) is 7.09. The van der Waals surface area contributed by atoms with Crippen molar-refractivity contribution in [2.24, 2.45) is 5.92 Å². The van der Waals surface area contributed by atoms with Crippen molar-refractivity contribution in [3.63, 3.8) is 0 Å². The van der Waals surface area contributed by atoms with Gasteiger partial charge in [-0.25, -0.2) is 4.39 Å². The summed E-state index contributed by atoms with van der Waals surface area (Å²) in [5, 5.41) is 2.82. The molecule has 2 amide bonds. The minimum Gasteiger partial charge on any atom is -0.352 e. The minimum absolute atomic E-state index is 0.0741. The number of benzene rings is 1. The Morgan fingerprint density at radius 2 is 1.96 bits per heavy atom. The SMILES string of the molecule is CC1CCCN(C(=O)c2cncc(C(=O)NCCc3ccc(F)cc3)c2)C1. The monoisotopic (exact) mass is 369 g/mol. The van der Waals surface area contributed by atoms with E-state index in [0.717, 1.165) is 31.5 Å². The van der Waals surface area contributed by atoms with Gasteiger partial charge in [-0.15, -0.1) is 0 Å². The fourth-order valence-corrected chi connectivity index (χ4v) is 3.31. The van der Waals surface area contributed by atoms with Gasteiger partial charge in [0, 0.05) is 32.0 Å². The maximum Gasteiger partial charge on any atom is 0.255 e. The van der Waals surface area contributed by atoms with Crippen LogP contribution in [-0.2, 0) is 6.42 Å². The molecule has 1 aliphatic heterocycles. The summed E-state index contributed by atoms with van der Waals surface area (Å²) >= 11 is 0. The number of hydrogen-bond donors (Lipinski definition) is 1. The van der Waals surface area contributed by atoms with E-state index in [2.05, 4.69) is 17.2 Å². The molecule has 27 heavy (non-hydrogen) atoms. The van der Waals surface area contributed by atoms with Gasteiger partial charge in [0.25, 0.3) is 11.8 Å². The summed E-state index contributed by atoms with van der Waals surface area (Å²) in [7, 11) is 0. The molecule has 0 bridgehead atoms. The summed E-state index contributed by atoms with van der Waals surface area (Å²) in [6.45, 7) is 4.05. The predicted octanol–water partition coefficient (Wildman–Crippen LogP) is 3.07. The normalized spacial score (nSPS) is 16.8. The predicted molar refractivity (Wildman–Crippen MR) is 101 cm³/mol. The summed E-state index contributed by atoms with van der Waals surface area (Å²) in [5.41, 5.74) is 1.75. The van der Waals surface area contributed by atoms with Gasteiger partial charge in [-0.3, -0.25) is 14.6 Å². The molecule has 1 atom stereocenters. The molecule has 2 aromatic rings. The molecule has 1 aromatic carbocycles. The summed E-state index contributed by atoms with van der Waals surface area (Å²) in [4.78, 5) is 30.9. The van der Waals surface area contributed by atoms with Gasteiger partial charge in [-0.05, 0) is 48.9 Å². The maximum atomic E-state index is 12.9. The summed E-state index contributed by atoms with van der Waals surface area (Å²) < 4.78 is 12.9. The minimum atomic E-state index is -0.279. The molecule has 0 aliphatic carbocycles. The number of carbonyl (C=O) groups excluding carboxylic acids is 2. The van der Waals surface area contributed by atoms with E-state index in [0.29, 0.717) is 30.0 Å². The van der Waals surface area contributed by atoms with Gasteiger partial charge in [0.05, 0.1) is 11.1 Å². The van der Waals surface area contributed by atoms with Crippen LogP contribution in [0.25, 0.3) is 0 Å². The van der Waals surface area contributed by atoms with Crippen molar-refractivity contribution in [2.45, 2.75) is 26.2 Å². The first-order valence-corrected chi connectivity index (χ1v) is 9.30. The van der Waals surface area contributed by atoms with Crippen molar-refractivity contribution < 1.29 is 14.0 Å². The number of carbonyl (C=O) groups is 2. The number of piperidine rings is 1. The Bertz CT molecular complexity index is 807. The number of rotatable bonds is 5. The lowest BCUT2D eigenvalue weighted by Crippen LogP contribution is -2.39. The molecule has 6 heteroatoms. The molecule has 1 fully saturated rings. The zero-order valence-corrected chi connectivity index (χ0v) is 15.5. The number of hydrogen-bond acceptors (Lipinski definition) is 3. The molecule has 0 radical (unpaired) electrons. The Labute approximate surface area is 158 Å². The summed E-state index contributed by atoms with van der Waals surface area (Å²) in [6.07, 6.45) is 5.71. The summed E-state index contributed by atoms with van der Waals surface area (Å²) in [5.74, 6) is -0.131. The largest absolute Gasteiger partial charge is 0.352 e. The lowest BCUT2D eigenvalue weighted by Gasteiger charge is -2.30. The Hall–Kier alpha value is -2.76. The van der Waals surface area contributed by atoms with E-state index in [1.165, 1.54) is 24.5 Å². The fraction of sp³-hybridized carbons (Fsp3) is 0.381. The highest BCUT2D eigenvalue weighted by molar-refractivity contribution is 5.99. The number of aromatic nitrogens is 1. The van der Waals surface area contributed by atoms with Crippen LogP contribution < -0.4 is 5.32 Å². The van der Waals surface area contributed by atoms with E-state index in [1.54, 1.807) is 18.2 Å². The molecular weight excluding hydrogens is 345 g/mol. The number of amides is 2. The number of halogens is 1. The average molecular weight is 369 g/mol. The second-order valence-electron chi connectivity index (χ2n) is 7.09. The van der Waals surface area contributed by atoms with Crippen LogP contribution in [-0.4, -0.2) is 41.3 Å². The van der Waals surface area contributed by atoms with Gasteiger partial charge in [0.15, 0.2) is 0 Å². The van der Waals surface area contributed by atoms with E-state index >= 15 is 0 Å². The topological polar surface area (TPSA) is 62.3 Å². The fourth-order valence-electron chi connectivity index (χ4n) is 3.31. The van der Waals surface area contributed by atoms with Crippen molar-refractivity contribution in [1.29, 1.82) is 0 Å². The van der Waals surface area contributed by atoms with Gasteiger partial charge in [0.2, 0.25) is 0 Å². The van der Waals surface area contributed by atoms with Crippen LogP contribution >= 0.6 is 0 Å². The third-order valence-corrected chi connectivity index (χ3v) is 4.80. The van der Waals surface area contributed by atoms with Crippen molar-refractivity contribution >= 4 is 11.8 Å². The quantitative estimate of drug-likeness (QED) is 0.881.